The molecule has 0 radical (unpaired) electrons. The van der Waals surface area contributed by atoms with Crippen molar-refractivity contribution in [1.82, 2.24) is 5.32 Å². The summed E-state index contributed by atoms with van der Waals surface area (Å²) < 4.78 is 45.5. The van der Waals surface area contributed by atoms with Crippen molar-refractivity contribution in [3.8, 4) is 17.2 Å². The van der Waals surface area contributed by atoms with Crippen LogP contribution < -0.4 is 24.4 Å². The fraction of sp³-hybridized carbons (Fsp3) is 0.192. The Morgan fingerprint density at radius 2 is 1.97 bits per heavy atom. The number of amidine groups is 1. The number of hydrogen-bond acceptors (Lipinski definition) is 8. The smallest absolute Gasteiger partial charge is 0.387 e. The van der Waals surface area contributed by atoms with Gasteiger partial charge in [0.05, 0.1) is 17.2 Å². The van der Waals surface area contributed by atoms with Crippen molar-refractivity contribution in [2.45, 2.75) is 25.3 Å². The van der Waals surface area contributed by atoms with E-state index in [0.717, 1.165) is 17.3 Å². The van der Waals surface area contributed by atoms with E-state index in [1.54, 1.807) is 31.2 Å². The molecule has 5 rings (SSSR count). The first-order valence-electron chi connectivity index (χ1n) is 11.4. The molecule has 2 aliphatic heterocycles. The van der Waals surface area contributed by atoms with E-state index < -0.39 is 17.8 Å². The zero-order chi connectivity index (χ0) is 26.6. The van der Waals surface area contributed by atoms with Gasteiger partial charge < -0.3 is 23.9 Å². The van der Waals surface area contributed by atoms with Gasteiger partial charge in [0.15, 0.2) is 16.7 Å². The van der Waals surface area contributed by atoms with Crippen molar-refractivity contribution >= 4 is 40.5 Å². The molecule has 0 spiro atoms. The van der Waals surface area contributed by atoms with E-state index in [2.05, 4.69) is 15.0 Å². The Kier molecular flexibility index (Phi) is 7.31. The predicted octanol–water partition coefficient (Wildman–Crippen LogP) is 4.79. The van der Waals surface area contributed by atoms with Gasteiger partial charge in [-0.1, -0.05) is 17.8 Å². The van der Waals surface area contributed by atoms with E-state index in [1.807, 2.05) is 6.07 Å². The van der Waals surface area contributed by atoms with Crippen molar-refractivity contribution in [2.75, 3.05) is 11.7 Å². The molecular weight excluding hydrogens is 520 g/mol. The van der Waals surface area contributed by atoms with Crippen LogP contribution in [0.3, 0.4) is 0 Å². The largest absolute Gasteiger partial charge is 0.465 e. The normalized spacial score (nSPS) is 16.2. The first kappa shape index (κ1) is 25.3. The third-order valence-electron chi connectivity index (χ3n) is 5.53. The number of nitrogens with zero attached hydrogens (tertiary/aromatic N) is 2. The summed E-state index contributed by atoms with van der Waals surface area (Å²) in [5, 5.41) is 2.50. The zero-order valence-electron chi connectivity index (χ0n) is 19.9. The van der Waals surface area contributed by atoms with Crippen LogP contribution in [0.2, 0.25) is 0 Å². The van der Waals surface area contributed by atoms with Crippen molar-refractivity contribution in [1.29, 1.82) is 0 Å². The molecule has 1 aromatic heterocycles. The summed E-state index contributed by atoms with van der Waals surface area (Å²) in [4.78, 5) is 31.9. The number of furan rings is 1. The van der Waals surface area contributed by atoms with Gasteiger partial charge in [-0.25, -0.2) is 4.99 Å². The number of anilines is 1. The number of thioether (sulfide) groups is 1. The van der Waals surface area contributed by atoms with E-state index in [-0.39, 0.29) is 35.9 Å². The number of benzene rings is 2. The second-order valence-corrected chi connectivity index (χ2v) is 9.43. The van der Waals surface area contributed by atoms with Gasteiger partial charge in [0, 0.05) is 12.6 Å². The lowest BCUT2D eigenvalue weighted by Crippen LogP contribution is -2.35. The Morgan fingerprint density at radius 3 is 2.71 bits per heavy atom. The Bertz CT molecular complexity index is 1390. The van der Waals surface area contributed by atoms with Gasteiger partial charge in [-0.3, -0.25) is 14.5 Å². The van der Waals surface area contributed by atoms with Crippen LogP contribution >= 0.6 is 11.8 Å². The number of rotatable bonds is 8. The Balaban J connectivity index is 1.32. The highest BCUT2D eigenvalue weighted by atomic mass is 32.2. The zero-order valence-corrected chi connectivity index (χ0v) is 20.7. The van der Waals surface area contributed by atoms with Crippen LogP contribution in [-0.4, -0.2) is 35.6 Å². The van der Waals surface area contributed by atoms with Crippen molar-refractivity contribution in [2.24, 2.45) is 4.99 Å². The summed E-state index contributed by atoms with van der Waals surface area (Å²) >= 11 is 1.08. The fourth-order valence-corrected chi connectivity index (χ4v) is 4.63. The number of carbonyl (C=O) groups excluding carboxylic acids is 2. The first-order chi connectivity index (χ1) is 18.4. The predicted molar refractivity (Wildman–Crippen MR) is 136 cm³/mol. The van der Waals surface area contributed by atoms with E-state index in [0.29, 0.717) is 22.9 Å². The molecule has 1 N–H and O–H groups in total. The maximum Gasteiger partial charge on any atom is 0.387 e. The standard InChI is InChI=1S/C26H21F2N3O6S/c1-15(23(32)29-13-16-4-9-21-22(11-16)36-14-35-21)38-26-30-20(12-19-3-2-10-34-19)24(33)31(26)17-5-7-18(8-6-17)37-25(27)28/h2-12,15,25H,13-14H2,1H3,(H,29,32)/b20-12+/t15-/m0/s1. The average Bonchev–Trinajstić information content (AvgIpc) is 3.64. The molecule has 3 aromatic rings. The van der Waals surface area contributed by atoms with Crippen LogP contribution in [0.4, 0.5) is 14.5 Å². The molecule has 0 saturated heterocycles. The van der Waals surface area contributed by atoms with Crippen LogP contribution in [0, 0.1) is 0 Å². The summed E-state index contributed by atoms with van der Waals surface area (Å²) in [5.41, 5.74) is 1.31. The number of fused-ring (bicyclic) bond motifs is 1. The Labute approximate surface area is 220 Å². The number of hydrogen-bond donors (Lipinski definition) is 1. The minimum Gasteiger partial charge on any atom is -0.465 e. The minimum atomic E-state index is -2.97. The fourth-order valence-electron chi connectivity index (χ4n) is 3.68. The first-order valence-corrected chi connectivity index (χ1v) is 12.3. The van der Waals surface area contributed by atoms with E-state index in [4.69, 9.17) is 13.9 Å². The molecule has 2 aliphatic rings. The summed E-state index contributed by atoms with van der Waals surface area (Å²) in [7, 11) is 0. The third kappa shape index (κ3) is 5.65. The van der Waals surface area contributed by atoms with Crippen LogP contribution in [-0.2, 0) is 16.1 Å². The van der Waals surface area contributed by atoms with E-state index in [9.17, 15) is 18.4 Å². The van der Waals surface area contributed by atoms with Crippen LogP contribution in [0.15, 0.2) is 76.0 Å². The SMILES string of the molecule is C[C@H](SC1=N/C(=C/c2ccco2)C(=O)N1c1ccc(OC(F)F)cc1)C(=O)NCc1ccc2c(c1)OCO2. The molecule has 2 amide bonds. The second kappa shape index (κ2) is 11.0. The molecule has 2 aromatic carbocycles. The van der Waals surface area contributed by atoms with Gasteiger partial charge in [0.25, 0.3) is 5.91 Å². The van der Waals surface area contributed by atoms with Gasteiger partial charge in [0.1, 0.15) is 17.2 Å². The molecule has 12 heteroatoms. The van der Waals surface area contributed by atoms with E-state index in [1.165, 1.54) is 41.5 Å². The molecule has 0 fully saturated rings. The summed E-state index contributed by atoms with van der Waals surface area (Å²) in [5.74, 6) is 0.920. The molecule has 0 aliphatic carbocycles. The number of ether oxygens (including phenoxy) is 3. The van der Waals surface area contributed by atoms with Gasteiger partial charge in [-0.05, 0) is 61.0 Å². The number of amides is 2. The second-order valence-electron chi connectivity index (χ2n) is 8.12. The molecule has 1 atom stereocenters. The molecule has 196 valence electrons. The topological polar surface area (TPSA) is 103 Å². The molecule has 0 saturated carbocycles. The highest BCUT2D eigenvalue weighted by Gasteiger charge is 2.34. The van der Waals surface area contributed by atoms with Gasteiger partial charge in [-0.15, -0.1) is 0 Å². The van der Waals surface area contributed by atoms with E-state index >= 15 is 0 Å². The highest BCUT2D eigenvalue weighted by molar-refractivity contribution is 8.15. The summed E-state index contributed by atoms with van der Waals surface area (Å²) in [6.07, 6.45) is 2.96. The van der Waals surface area contributed by atoms with Crippen molar-refractivity contribution in [3.05, 3.63) is 77.9 Å². The lowest BCUT2D eigenvalue weighted by Gasteiger charge is -2.20. The quantitative estimate of drug-likeness (QED) is 0.409. The van der Waals surface area contributed by atoms with Crippen molar-refractivity contribution < 1.29 is 37.0 Å². The number of nitrogens with one attached hydrogen (secondary N) is 1. The molecule has 38 heavy (non-hydrogen) atoms. The molecule has 3 heterocycles. The summed E-state index contributed by atoms with van der Waals surface area (Å²) in [6, 6.07) is 14.3. The maximum atomic E-state index is 13.3. The molecule has 0 bridgehead atoms. The number of alkyl halides is 2. The third-order valence-corrected chi connectivity index (χ3v) is 6.58. The van der Waals surface area contributed by atoms with Gasteiger partial charge >= 0.3 is 6.61 Å². The summed E-state index contributed by atoms with van der Waals surface area (Å²) in [6.45, 7) is -0.848. The van der Waals surface area contributed by atoms with Gasteiger partial charge in [0.2, 0.25) is 12.7 Å². The van der Waals surface area contributed by atoms with Crippen molar-refractivity contribution in [3.63, 3.8) is 0 Å². The molecular formula is C26H21F2N3O6S. The highest BCUT2D eigenvalue weighted by Crippen LogP contribution is 2.34. The maximum absolute atomic E-state index is 13.3. The Morgan fingerprint density at radius 1 is 1.18 bits per heavy atom. The number of aliphatic imine (C=N–C) groups is 1. The minimum absolute atomic E-state index is 0.0517. The number of carbonyl (C=O) groups is 2. The Hall–Kier alpha value is -4.32. The monoisotopic (exact) mass is 541 g/mol. The lowest BCUT2D eigenvalue weighted by molar-refractivity contribution is -0.120. The van der Waals surface area contributed by atoms with Crippen LogP contribution in [0.5, 0.6) is 17.2 Å². The van der Waals surface area contributed by atoms with Gasteiger partial charge in [-0.2, -0.15) is 8.78 Å². The van der Waals surface area contributed by atoms with Crippen LogP contribution in [0.25, 0.3) is 6.08 Å². The lowest BCUT2D eigenvalue weighted by atomic mass is 10.2. The average molecular weight is 542 g/mol. The van der Waals surface area contributed by atoms with Crippen LogP contribution in [0.1, 0.15) is 18.2 Å². The molecule has 0 unspecified atom stereocenters. The molecule has 9 nitrogen and oxygen atoms in total. The number of halogens is 2.